The van der Waals surface area contributed by atoms with Gasteiger partial charge in [-0.15, -0.1) is 0 Å². The number of Topliss-reactive ketones (excluding diaryl/α,β-unsaturated/α-hetero) is 3. The summed E-state index contributed by atoms with van der Waals surface area (Å²) < 4.78 is 22.7. The maximum absolute atomic E-state index is 13.4. The molecule has 3 aromatic carbocycles. The third kappa shape index (κ3) is 12.6. The van der Waals surface area contributed by atoms with Gasteiger partial charge in [-0.05, 0) is 208 Å². The third-order valence-electron chi connectivity index (χ3n) is 22.2. The number of ketones is 3. The monoisotopic (exact) mass is 1230 g/mol. The number of aromatic nitrogens is 3. The highest BCUT2D eigenvalue weighted by Gasteiger charge is 2.47. The highest BCUT2D eigenvalue weighted by molar-refractivity contribution is 6.00. The number of fused-ring (bicyclic) bond motifs is 6. The third-order valence-corrected chi connectivity index (χ3v) is 22.2. The number of nitriles is 3. The molecular formula is C75H87N9O7. The van der Waals surface area contributed by atoms with Crippen molar-refractivity contribution in [1.29, 1.82) is 15.8 Å². The molecule has 91 heavy (non-hydrogen) atoms. The minimum Gasteiger partial charge on any atom is -0.391 e. The first-order valence-electron chi connectivity index (χ1n) is 33.5. The lowest BCUT2D eigenvalue weighted by molar-refractivity contribution is -0.105. The van der Waals surface area contributed by atoms with Gasteiger partial charge in [0.05, 0.1) is 100 Å². The fourth-order valence-electron chi connectivity index (χ4n) is 16.9. The highest BCUT2D eigenvalue weighted by atomic mass is 16.5. The molecule has 6 atom stereocenters. The van der Waals surface area contributed by atoms with E-state index < -0.39 is 0 Å². The predicted octanol–water partition coefficient (Wildman–Crippen LogP) is 11.0. The second-order valence-corrected chi connectivity index (χ2v) is 28.3. The first-order valence-corrected chi connectivity index (χ1v) is 33.5. The summed E-state index contributed by atoms with van der Waals surface area (Å²) in [7, 11) is 0. The van der Waals surface area contributed by atoms with Gasteiger partial charge >= 0.3 is 0 Å². The van der Waals surface area contributed by atoms with Crippen LogP contribution < -0.4 is 0 Å². The molecule has 0 spiro atoms. The number of ether oxygens (including phenoxy) is 3. The molecule has 0 radical (unpaired) electrons. The first kappa shape index (κ1) is 62.5. The number of hydrogen-bond acceptors (Lipinski definition) is 13. The van der Waals surface area contributed by atoms with Crippen LogP contribution in [0.25, 0.3) is 17.1 Å². The quantitative estimate of drug-likeness (QED) is 0.0753. The Bertz CT molecular complexity index is 3790. The van der Waals surface area contributed by atoms with Crippen molar-refractivity contribution in [2.24, 2.45) is 23.2 Å². The summed E-state index contributed by atoms with van der Waals surface area (Å²) in [5.41, 5.74) is 13.9. The molecule has 474 valence electrons. The molecule has 9 aliphatic rings. The zero-order valence-corrected chi connectivity index (χ0v) is 53.6. The van der Waals surface area contributed by atoms with Crippen LogP contribution in [0.3, 0.4) is 0 Å². The van der Waals surface area contributed by atoms with Gasteiger partial charge in [0.1, 0.15) is 0 Å². The van der Waals surface area contributed by atoms with E-state index in [1.165, 1.54) is 44.9 Å². The molecule has 9 aliphatic heterocycles. The van der Waals surface area contributed by atoms with E-state index in [1.807, 2.05) is 93.6 Å². The van der Waals surface area contributed by atoms with Gasteiger partial charge in [0, 0.05) is 121 Å². The molecule has 6 bridgehead atoms. The normalized spacial score (nSPS) is 25.4. The second-order valence-electron chi connectivity index (χ2n) is 28.3. The van der Waals surface area contributed by atoms with Gasteiger partial charge in [-0.2, -0.15) is 15.8 Å². The Hall–Kier alpha value is -7.30. The topological polar surface area (TPSA) is 195 Å². The van der Waals surface area contributed by atoms with Gasteiger partial charge in [0.2, 0.25) is 0 Å². The molecule has 15 rings (SSSR count). The lowest BCUT2D eigenvalue weighted by Gasteiger charge is -2.38. The molecule has 6 aromatic rings. The summed E-state index contributed by atoms with van der Waals surface area (Å²) in [5, 5.41) is 37.6. The van der Waals surface area contributed by atoms with E-state index in [4.69, 9.17) is 30.0 Å². The Morgan fingerprint density at radius 1 is 0.505 bits per heavy atom. The average Bonchev–Trinajstić information content (AvgIpc) is 1.67. The lowest BCUT2D eigenvalue weighted by atomic mass is 9.83. The zero-order valence-electron chi connectivity index (χ0n) is 53.6. The molecule has 9 fully saturated rings. The Morgan fingerprint density at radius 2 is 0.879 bits per heavy atom. The van der Waals surface area contributed by atoms with E-state index in [2.05, 4.69) is 78.7 Å². The van der Waals surface area contributed by atoms with Crippen molar-refractivity contribution in [3.05, 3.63) is 159 Å². The number of rotatable bonds is 19. The van der Waals surface area contributed by atoms with Crippen molar-refractivity contribution in [2.45, 2.75) is 167 Å². The number of aliphatic hydroxyl groups is 1. The van der Waals surface area contributed by atoms with E-state index in [-0.39, 0.29) is 34.9 Å². The number of benzene rings is 3. The van der Waals surface area contributed by atoms with E-state index >= 15 is 0 Å². The van der Waals surface area contributed by atoms with Crippen molar-refractivity contribution in [1.82, 2.24) is 28.4 Å². The number of aliphatic hydroxyl groups excluding tert-OH is 1. The standard InChI is InChI=1S/C26H31N3O3.C25H29N3O2.C24H27N3O2/c1-17-22(25(31)14-28-20-7-8-23(28)24(30)12-20)11-21(9-10-26(2)15-32-16-26)29(17)19-5-3-18(13-27)4-6-19;1-16-9-21-7-8-24(16)27(21)13-25(29)23-11-22(10-19-14-30-15-19)28(17(23)2)20-5-3-18(12-26)4-6-20;1-16-23(24(28)13-26-19-6-7-20(26)9-8-19)11-22(10-18-14-29-15-18)27(16)21-4-2-17(12-25)3-5-21/h3-6,11,20,23-24,30H,7-10,12,14-16H2,1-2H3;3-6,11,16,19,21,24H,7-10,13-15H2,1-2H3;2-5,11,18-20H,6-10,13-15H2,1H3/t20?,23?,24-;16-,21?,24?;/m00./s1. The van der Waals surface area contributed by atoms with Crippen LogP contribution in [0.4, 0.5) is 0 Å². The molecule has 1 N–H and O–H groups in total. The fourth-order valence-corrected chi connectivity index (χ4v) is 16.9. The SMILES string of the molecule is Cc1c(C(=O)CN2C3CCC2CC3)cc(CC2COC2)n1-c1ccc(C#N)cc1.Cc1c(C(=O)CN2C3CCC2[C@@H](C)C3)cc(CC2COC2)n1-c1ccc(C#N)cc1.Cc1c(C(=O)CN2C3CCC2[C@@H](O)C3)cc(CCC2(C)COC2)n1-c1ccc(C#N)cc1. The van der Waals surface area contributed by atoms with Crippen LogP contribution in [-0.4, -0.2) is 152 Å². The van der Waals surface area contributed by atoms with Crippen molar-refractivity contribution >= 4 is 17.3 Å². The predicted molar refractivity (Wildman–Crippen MR) is 346 cm³/mol. The Morgan fingerprint density at radius 3 is 1.21 bits per heavy atom. The smallest absolute Gasteiger partial charge is 0.178 e. The molecule has 12 heterocycles. The van der Waals surface area contributed by atoms with Gasteiger partial charge in [0.15, 0.2) is 17.3 Å². The van der Waals surface area contributed by atoms with Crippen LogP contribution in [0.5, 0.6) is 0 Å². The Kier molecular flexibility index (Phi) is 18.1. The van der Waals surface area contributed by atoms with Gasteiger partial charge in [-0.3, -0.25) is 29.1 Å². The van der Waals surface area contributed by atoms with Crippen LogP contribution in [0.2, 0.25) is 0 Å². The largest absolute Gasteiger partial charge is 0.391 e. The molecule has 0 amide bonds. The maximum atomic E-state index is 13.4. The second kappa shape index (κ2) is 26.4. The first-order chi connectivity index (χ1) is 44.1. The van der Waals surface area contributed by atoms with E-state index in [1.54, 1.807) is 0 Å². The Labute approximate surface area is 535 Å². The van der Waals surface area contributed by atoms with Gasteiger partial charge < -0.3 is 33.0 Å². The van der Waals surface area contributed by atoms with Crippen molar-refractivity contribution in [3.63, 3.8) is 0 Å². The molecule has 4 unspecified atom stereocenters. The molecular weight excluding hydrogens is 1140 g/mol. The van der Waals surface area contributed by atoms with Gasteiger partial charge in [-0.1, -0.05) is 13.8 Å². The maximum Gasteiger partial charge on any atom is 0.178 e. The molecule has 0 aliphatic carbocycles. The summed E-state index contributed by atoms with van der Waals surface area (Å²) in [5.74, 6) is 2.32. The summed E-state index contributed by atoms with van der Waals surface area (Å²) in [6, 6.07) is 38.5. The summed E-state index contributed by atoms with van der Waals surface area (Å²) in [4.78, 5) is 47.2. The molecule has 16 nitrogen and oxygen atoms in total. The zero-order chi connectivity index (χ0) is 63.2. The number of carbonyl (C=O) groups excluding carboxylic acids is 3. The van der Waals surface area contributed by atoms with Crippen LogP contribution in [-0.2, 0) is 33.5 Å². The number of hydrogen-bond donors (Lipinski definition) is 1. The summed E-state index contributed by atoms with van der Waals surface area (Å²) in [6.45, 7) is 16.9. The van der Waals surface area contributed by atoms with Crippen molar-refractivity contribution < 1.29 is 33.7 Å². The summed E-state index contributed by atoms with van der Waals surface area (Å²) >= 11 is 0. The van der Waals surface area contributed by atoms with E-state index in [0.29, 0.717) is 84.3 Å². The average molecular weight is 1230 g/mol. The van der Waals surface area contributed by atoms with Gasteiger partial charge in [-0.25, -0.2) is 0 Å². The minimum atomic E-state index is -0.299. The van der Waals surface area contributed by atoms with Crippen molar-refractivity contribution in [3.8, 4) is 35.3 Å². The fraction of sp³-hybridized carbons (Fsp3) is 0.520. The lowest BCUT2D eigenvalue weighted by Crippen LogP contribution is -2.40. The van der Waals surface area contributed by atoms with Gasteiger partial charge in [0.25, 0.3) is 0 Å². The van der Waals surface area contributed by atoms with Crippen molar-refractivity contribution in [2.75, 3.05) is 59.3 Å². The van der Waals surface area contributed by atoms with Crippen LogP contribution >= 0.6 is 0 Å². The number of aryl methyl sites for hydroxylation is 1. The molecule has 16 heteroatoms. The number of carbonyl (C=O) groups is 3. The van der Waals surface area contributed by atoms with Crippen LogP contribution in [0.1, 0.15) is 166 Å². The van der Waals surface area contributed by atoms with Crippen LogP contribution in [0, 0.1) is 77.9 Å². The molecule has 3 aromatic heterocycles. The van der Waals surface area contributed by atoms with Crippen LogP contribution in [0.15, 0.2) is 91.0 Å². The highest BCUT2D eigenvalue weighted by Crippen LogP contribution is 2.43. The Balaban J connectivity index is 0.000000125. The van der Waals surface area contributed by atoms with E-state index in [9.17, 15) is 19.5 Å². The molecule has 9 saturated heterocycles. The molecule has 0 saturated carbocycles. The minimum absolute atomic E-state index is 0.125. The summed E-state index contributed by atoms with van der Waals surface area (Å²) in [6.07, 6.45) is 14.9. The number of nitrogens with zero attached hydrogens (tertiary/aromatic N) is 9. The van der Waals surface area contributed by atoms with E-state index in [0.717, 1.165) is 153 Å².